The molecule has 19 heavy (non-hydrogen) atoms. The Morgan fingerprint density at radius 2 is 2.00 bits per heavy atom. The third-order valence-corrected chi connectivity index (χ3v) is 3.80. The molecule has 0 aliphatic rings. The first-order chi connectivity index (χ1) is 9.00. The predicted octanol–water partition coefficient (Wildman–Crippen LogP) is 3.67. The van der Waals surface area contributed by atoms with Gasteiger partial charge in [-0.25, -0.2) is 0 Å². The second kappa shape index (κ2) is 5.31. The maximum absolute atomic E-state index is 6.25. The molecule has 0 fully saturated rings. The van der Waals surface area contributed by atoms with E-state index in [4.69, 9.17) is 21.9 Å². The Labute approximate surface area is 118 Å². The van der Waals surface area contributed by atoms with Crippen molar-refractivity contribution < 1.29 is 4.52 Å². The highest BCUT2D eigenvalue weighted by Gasteiger charge is 2.29. The number of hydrogen-bond acceptors (Lipinski definition) is 4. The van der Waals surface area contributed by atoms with Gasteiger partial charge in [-0.15, -0.1) is 0 Å². The summed E-state index contributed by atoms with van der Waals surface area (Å²) in [4.78, 5) is 4.40. The fourth-order valence-electron chi connectivity index (χ4n) is 1.89. The van der Waals surface area contributed by atoms with Crippen molar-refractivity contribution in [3.8, 4) is 11.5 Å². The van der Waals surface area contributed by atoms with Gasteiger partial charge >= 0.3 is 0 Å². The van der Waals surface area contributed by atoms with Crippen LogP contribution >= 0.6 is 11.6 Å². The molecule has 102 valence electrons. The maximum Gasteiger partial charge on any atom is 0.259 e. The lowest BCUT2D eigenvalue weighted by atomic mass is 9.93. The maximum atomic E-state index is 6.25. The minimum Gasteiger partial charge on any atom is -0.334 e. The zero-order chi connectivity index (χ0) is 14.0. The minimum atomic E-state index is -0.543. The Bertz CT molecular complexity index is 576. The topological polar surface area (TPSA) is 64.9 Å². The van der Waals surface area contributed by atoms with Gasteiger partial charge in [-0.1, -0.05) is 36.7 Å². The van der Waals surface area contributed by atoms with Crippen molar-refractivity contribution in [2.45, 2.75) is 39.2 Å². The van der Waals surface area contributed by atoms with Crippen molar-refractivity contribution in [3.63, 3.8) is 0 Å². The van der Waals surface area contributed by atoms with E-state index in [1.807, 2.05) is 39.0 Å². The van der Waals surface area contributed by atoms with Crippen LogP contribution in [0, 0.1) is 6.92 Å². The quantitative estimate of drug-likeness (QED) is 0.927. The normalized spacial score (nSPS) is 11.8. The Kier molecular flexibility index (Phi) is 3.92. The van der Waals surface area contributed by atoms with Gasteiger partial charge in [-0.2, -0.15) is 4.98 Å². The number of nitrogens with two attached hydrogens (primary N) is 1. The van der Waals surface area contributed by atoms with Crippen molar-refractivity contribution in [2.75, 3.05) is 0 Å². The summed E-state index contributed by atoms with van der Waals surface area (Å²) in [5.74, 6) is 0.945. The zero-order valence-corrected chi connectivity index (χ0v) is 12.2. The van der Waals surface area contributed by atoms with Crippen molar-refractivity contribution in [1.29, 1.82) is 0 Å². The molecule has 0 atom stereocenters. The molecular weight excluding hydrogens is 262 g/mol. The number of aromatic nitrogens is 2. The molecule has 0 spiro atoms. The van der Waals surface area contributed by atoms with E-state index in [1.165, 1.54) is 0 Å². The van der Waals surface area contributed by atoms with E-state index in [9.17, 15) is 0 Å². The van der Waals surface area contributed by atoms with Gasteiger partial charge < -0.3 is 10.3 Å². The molecule has 0 saturated carbocycles. The van der Waals surface area contributed by atoms with Gasteiger partial charge in [-0.3, -0.25) is 0 Å². The van der Waals surface area contributed by atoms with E-state index in [0.29, 0.717) is 16.7 Å². The van der Waals surface area contributed by atoms with Crippen LogP contribution in [0.3, 0.4) is 0 Å². The van der Waals surface area contributed by atoms with Crippen molar-refractivity contribution in [1.82, 2.24) is 10.1 Å². The lowest BCUT2D eigenvalue weighted by Crippen LogP contribution is -2.36. The van der Waals surface area contributed by atoms with E-state index in [-0.39, 0.29) is 0 Å². The molecular formula is C14H18ClN3O. The highest BCUT2D eigenvalue weighted by atomic mass is 35.5. The van der Waals surface area contributed by atoms with Crippen LogP contribution < -0.4 is 5.73 Å². The van der Waals surface area contributed by atoms with Gasteiger partial charge in [0, 0.05) is 0 Å². The summed E-state index contributed by atoms with van der Waals surface area (Å²) in [6.07, 6.45) is 1.51. The molecule has 0 radical (unpaired) electrons. The number of halogens is 1. The zero-order valence-electron chi connectivity index (χ0n) is 11.4. The molecule has 1 aromatic carbocycles. The first kappa shape index (κ1) is 14.0. The standard InChI is InChI=1S/C14H18ClN3O/c1-4-14(16,5-2)13-17-12(19-18-13)10-7-6-9(3)8-11(10)15/h6-8H,4-5,16H2,1-3H3. The first-order valence-corrected chi connectivity index (χ1v) is 6.77. The number of aryl methyl sites for hydroxylation is 1. The molecule has 0 aliphatic carbocycles. The molecule has 2 aromatic rings. The number of benzene rings is 1. The average molecular weight is 280 g/mol. The second-order valence-corrected chi connectivity index (χ2v) is 5.18. The van der Waals surface area contributed by atoms with Gasteiger partial charge in [0.15, 0.2) is 5.82 Å². The molecule has 0 amide bonds. The van der Waals surface area contributed by atoms with E-state index in [0.717, 1.165) is 24.0 Å². The predicted molar refractivity (Wildman–Crippen MR) is 75.9 cm³/mol. The number of rotatable bonds is 4. The smallest absolute Gasteiger partial charge is 0.259 e. The third-order valence-electron chi connectivity index (χ3n) is 3.49. The van der Waals surface area contributed by atoms with E-state index in [2.05, 4.69) is 10.1 Å². The van der Waals surface area contributed by atoms with Crippen LogP contribution in [-0.2, 0) is 5.54 Å². The summed E-state index contributed by atoms with van der Waals surface area (Å²) in [6, 6.07) is 5.71. The Morgan fingerprint density at radius 1 is 1.32 bits per heavy atom. The molecule has 0 unspecified atom stereocenters. The number of nitrogens with zero attached hydrogens (tertiary/aromatic N) is 2. The van der Waals surface area contributed by atoms with Crippen LogP contribution in [0.25, 0.3) is 11.5 Å². The summed E-state index contributed by atoms with van der Waals surface area (Å²) in [6.45, 7) is 6.00. The SMILES string of the molecule is CCC(N)(CC)c1noc(-c2ccc(C)cc2Cl)n1. The van der Waals surface area contributed by atoms with Crippen LogP contribution in [0.1, 0.15) is 38.1 Å². The summed E-state index contributed by atoms with van der Waals surface area (Å²) < 4.78 is 5.30. The molecule has 2 N–H and O–H groups in total. The molecule has 4 nitrogen and oxygen atoms in total. The lowest BCUT2D eigenvalue weighted by molar-refractivity contribution is 0.350. The molecule has 0 bridgehead atoms. The number of hydrogen-bond donors (Lipinski definition) is 1. The molecule has 2 rings (SSSR count). The molecule has 0 aliphatic heterocycles. The Balaban J connectivity index is 2.41. The average Bonchev–Trinajstić information content (AvgIpc) is 2.88. The lowest BCUT2D eigenvalue weighted by Gasteiger charge is -2.21. The van der Waals surface area contributed by atoms with Crippen LogP contribution in [0.5, 0.6) is 0 Å². The monoisotopic (exact) mass is 279 g/mol. The highest BCUT2D eigenvalue weighted by molar-refractivity contribution is 6.33. The first-order valence-electron chi connectivity index (χ1n) is 6.39. The van der Waals surface area contributed by atoms with Gasteiger partial charge in [0.25, 0.3) is 5.89 Å². The summed E-state index contributed by atoms with van der Waals surface area (Å²) in [5.41, 5.74) is 7.53. The van der Waals surface area contributed by atoms with Gasteiger partial charge in [-0.05, 0) is 37.5 Å². The van der Waals surface area contributed by atoms with E-state index >= 15 is 0 Å². The highest BCUT2D eigenvalue weighted by Crippen LogP contribution is 2.30. The van der Waals surface area contributed by atoms with Gasteiger partial charge in [0.2, 0.25) is 0 Å². The Morgan fingerprint density at radius 3 is 2.58 bits per heavy atom. The molecule has 1 heterocycles. The van der Waals surface area contributed by atoms with Gasteiger partial charge in [0.1, 0.15) is 0 Å². The molecule has 0 saturated heterocycles. The fourth-order valence-corrected chi connectivity index (χ4v) is 2.21. The van der Waals surface area contributed by atoms with Crippen molar-refractivity contribution >= 4 is 11.6 Å². The summed E-state index contributed by atoms with van der Waals surface area (Å²) >= 11 is 6.20. The third kappa shape index (κ3) is 2.65. The van der Waals surface area contributed by atoms with E-state index < -0.39 is 5.54 Å². The Hall–Kier alpha value is -1.39. The summed E-state index contributed by atoms with van der Waals surface area (Å²) in [5, 5.41) is 4.60. The van der Waals surface area contributed by atoms with Crippen molar-refractivity contribution in [2.24, 2.45) is 5.73 Å². The fraction of sp³-hybridized carbons (Fsp3) is 0.429. The second-order valence-electron chi connectivity index (χ2n) is 4.77. The van der Waals surface area contributed by atoms with Crippen LogP contribution in [0.2, 0.25) is 5.02 Å². The molecule has 1 aromatic heterocycles. The van der Waals surface area contributed by atoms with Crippen LogP contribution in [-0.4, -0.2) is 10.1 Å². The summed E-state index contributed by atoms with van der Waals surface area (Å²) in [7, 11) is 0. The van der Waals surface area contributed by atoms with E-state index in [1.54, 1.807) is 0 Å². The van der Waals surface area contributed by atoms with Crippen LogP contribution in [0.4, 0.5) is 0 Å². The molecule has 5 heteroatoms. The largest absolute Gasteiger partial charge is 0.334 e. The van der Waals surface area contributed by atoms with Crippen LogP contribution in [0.15, 0.2) is 22.7 Å². The van der Waals surface area contributed by atoms with Crippen molar-refractivity contribution in [3.05, 3.63) is 34.6 Å². The minimum absolute atomic E-state index is 0.414. The van der Waals surface area contributed by atoms with Gasteiger partial charge in [0.05, 0.1) is 16.1 Å².